The van der Waals surface area contributed by atoms with Crippen LogP contribution in [0.3, 0.4) is 0 Å². The molecule has 0 radical (unpaired) electrons. The third-order valence-electron chi connectivity index (χ3n) is 1.95. The molecule has 1 fully saturated rings. The van der Waals surface area contributed by atoms with Crippen LogP contribution in [0, 0.1) is 5.92 Å². The number of carbonyl (C=O) groups is 2. The maximum absolute atomic E-state index is 11.3. The Bertz CT molecular complexity index is 211. The highest BCUT2D eigenvalue weighted by Crippen LogP contribution is 2.17. The van der Waals surface area contributed by atoms with Gasteiger partial charge in [-0.2, -0.15) is 0 Å². The summed E-state index contributed by atoms with van der Waals surface area (Å²) < 4.78 is 6.52. The monoisotopic (exact) mass is 249 g/mol. The number of ketones is 1. The molecule has 1 aliphatic heterocycles. The van der Waals surface area contributed by atoms with Crippen LogP contribution >= 0.6 is 16.1 Å². The first-order valence-electron chi connectivity index (χ1n) is 4.25. The number of nitrogens with zero attached hydrogens (tertiary/aromatic N) is 1. The van der Waals surface area contributed by atoms with E-state index in [1.165, 1.54) is 0 Å². The van der Waals surface area contributed by atoms with Crippen LogP contribution in [0.4, 0.5) is 0 Å². The van der Waals surface area contributed by atoms with E-state index in [9.17, 15) is 9.59 Å². The molecule has 1 aliphatic rings. The van der Waals surface area contributed by atoms with Crippen molar-refractivity contribution < 1.29 is 14.3 Å². The second kappa shape index (κ2) is 4.72. The average molecular weight is 250 g/mol. The van der Waals surface area contributed by atoms with E-state index < -0.39 is 5.92 Å². The molecule has 0 amide bonds. The molecule has 0 aliphatic carbocycles. The van der Waals surface area contributed by atoms with E-state index in [-0.39, 0.29) is 18.3 Å². The van der Waals surface area contributed by atoms with E-state index in [1.807, 2.05) is 0 Å². The summed E-state index contributed by atoms with van der Waals surface area (Å²) in [6.45, 7) is 3.06. The van der Waals surface area contributed by atoms with Crippen molar-refractivity contribution in [1.29, 1.82) is 0 Å². The Morgan fingerprint density at radius 1 is 1.77 bits per heavy atom. The van der Waals surface area contributed by atoms with E-state index in [1.54, 1.807) is 10.8 Å². The number of rotatable bonds is 2. The number of piperidine rings is 1. The molecule has 0 spiro atoms. The van der Waals surface area contributed by atoms with Crippen LogP contribution in [0.15, 0.2) is 0 Å². The molecule has 1 rings (SSSR count). The van der Waals surface area contributed by atoms with Crippen LogP contribution in [0.25, 0.3) is 0 Å². The van der Waals surface area contributed by atoms with E-state index in [4.69, 9.17) is 4.74 Å². The first-order chi connectivity index (χ1) is 6.15. The van der Waals surface area contributed by atoms with Gasteiger partial charge in [-0.25, -0.2) is 3.93 Å². The fourth-order valence-corrected chi connectivity index (χ4v) is 1.73. The van der Waals surface area contributed by atoms with Gasteiger partial charge in [0.2, 0.25) is 0 Å². The Hall–Kier alpha value is -0.420. The summed E-state index contributed by atoms with van der Waals surface area (Å²) in [7, 11) is 0. The third kappa shape index (κ3) is 2.77. The highest BCUT2D eigenvalue weighted by atomic mass is 79.9. The van der Waals surface area contributed by atoms with Crippen LogP contribution < -0.4 is 0 Å². The molecule has 1 unspecified atom stereocenters. The van der Waals surface area contributed by atoms with Gasteiger partial charge in [-0.05, 0) is 13.3 Å². The summed E-state index contributed by atoms with van der Waals surface area (Å²) in [6, 6.07) is 0. The van der Waals surface area contributed by atoms with Crippen LogP contribution in [0.1, 0.15) is 13.3 Å². The highest BCUT2D eigenvalue weighted by molar-refractivity contribution is 9.07. The Kier molecular flexibility index (Phi) is 3.87. The van der Waals surface area contributed by atoms with Crippen LogP contribution in [0.2, 0.25) is 0 Å². The average Bonchev–Trinajstić information content (AvgIpc) is 2.04. The Balaban J connectivity index is 2.51. The van der Waals surface area contributed by atoms with Gasteiger partial charge in [0.1, 0.15) is 5.92 Å². The zero-order valence-corrected chi connectivity index (χ0v) is 9.04. The molecule has 0 N–H and O–H groups in total. The lowest BCUT2D eigenvalue weighted by atomic mass is 9.97. The molecule has 5 heteroatoms. The molecule has 1 atom stereocenters. The lowest BCUT2D eigenvalue weighted by Gasteiger charge is -2.24. The quantitative estimate of drug-likeness (QED) is 0.412. The van der Waals surface area contributed by atoms with Gasteiger partial charge in [-0.1, -0.05) is 0 Å². The summed E-state index contributed by atoms with van der Waals surface area (Å²) in [5.41, 5.74) is 0. The van der Waals surface area contributed by atoms with Crippen LogP contribution in [-0.4, -0.2) is 35.4 Å². The van der Waals surface area contributed by atoms with Crippen molar-refractivity contribution in [2.24, 2.45) is 5.92 Å². The van der Waals surface area contributed by atoms with Crippen molar-refractivity contribution in [3.8, 4) is 0 Å². The Morgan fingerprint density at radius 2 is 2.46 bits per heavy atom. The van der Waals surface area contributed by atoms with Gasteiger partial charge >= 0.3 is 5.97 Å². The lowest BCUT2D eigenvalue weighted by molar-refractivity contribution is -0.152. The maximum Gasteiger partial charge on any atom is 0.316 e. The molecular formula is C8H12BrNO3. The largest absolute Gasteiger partial charge is 0.465 e. The Labute approximate surface area is 85.6 Å². The standard InChI is InChI=1S/C8H12BrNO3/c1-2-13-8(12)6-3-4-10(9)5-7(6)11/h6H,2-5H2,1H3. The zero-order chi connectivity index (χ0) is 9.84. The number of esters is 1. The van der Waals surface area contributed by atoms with Crippen molar-refractivity contribution in [3.05, 3.63) is 0 Å². The van der Waals surface area contributed by atoms with Crippen molar-refractivity contribution in [2.45, 2.75) is 13.3 Å². The third-order valence-corrected chi connectivity index (χ3v) is 2.55. The lowest BCUT2D eigenvalue weighted by Crippen LogP contribution is -2.39. The molecule has 13 heavy (non-hydrogen) atoms. The summed E-state index contributed by atoms with van der Waals surface area (Å²) in [6.07, 6.45) is 0.545. The van der Waals surface area contributed by atoms with E-state index >= 15 is 0 Å². The van der Waals surface area contributed by atoms with Gasteiger partial charge in [0.05, 0.1) is 13.2 Å². The smallest absolute Gasteiger partial charge is 0.316 e. The first-order valence-corrected chi connectivity index (χ1v) is 4.96. The van der Waals surface area contributed by atoms with Gasteiger partial charge in [-0.3, -0.25) is 9.59 Å². The predicted molar refractivity (Wildman–Crippen MR) is 50.2 cm³/mol. The van der Waals surface area contributed by atoms with Gasteiger partial charge in [-0.15, -0.1) is 0 Å². The summed E-state index contributed by atoms with van der Waals surface area (Å²) >= 11 is 3.20. The first kappa shape index (κ1) is 10.7. The zero-order valence-electron chi connectivity index (χ0n) is 7.46. The van der Waals surface area contributed by atoms with E-state index in [0.29, 0.717) is 19.6 Å². The van der Waals surface area contributed by atoms with Gasteiger partial charge < -0.3 is 4.74 Å². The van der Waals surface area contributed by atoms with Gasteiger partial charge in [0, 0.05) is 22.7 Å². The normalized spacial score (nSPS) is 24.5. The van der Waals surface area contributed by atoms with Crippen LogP contribution in [-0.2, 0) is 14.3 Å². The van der Waals surface area contributed by atoms with Crippen LogP contribution in [0.5, 0.6) is 0 Å². The van der Waals surface area contributed by atoms with Crippen molar-refractivity contribution in [3.63, 3.8) is 0 Å². The molecular weight excluding hydrogens is 238 g/mol. The summed E-state index contributed by atoms with van der Waals surface area (Å²) in [5.74, 6) is -0.997. The molecule has 1 saturated heterocycles. The van der Waals surface area contributed by atoms with E-state index in [0.717, 1.165) is 0 Å². The fourth-order valence-electron chi connectivity index (χ4n) is 1.28. The molecule has 4 nitrogen and oxygen atoms in total. The molecule has 0 aromatic heterocycles. The summed E-state index contributed by atoms with van der Waals surface area (Å²) in [5, 5.41) is 0. The topological polar surface area (TPSA) is 46.6 Å². The maximum atomic E-state index is 11.3. The summed E-state index contributed by atoms with van der Waals surface area (Å²) in [4.78, 5) is 22.6. The second-order valence-corrected chi connectivity index (χ2v) is 3.91. The molecule has 74 valence electrons. The molecule has 1 heterocycles. The molecule has 0 saturated carbocycles. The minimum Gasteiger partial charge on any atom is -0.465 e. The van der Waals surface area contributed by atoms with Crippen molar-refractivity contribution in [2.75, 3.05) is 19.7 Å². The molecule has 0 aromatic rings. The number of hydrogen-bond acceptors (Lipinski definition) is 4. The number of carbonyl (C=O) groups excluding carboxylic acids is 2. The number of hydrogen-bond donors (Lipinski definition) is 0. The number of halogens is 1. The number of Topliss-reactive ketones (excluding diaryl/α,β-unsaturated/α-hetero) is 1. The molecule has 0 aromatic carbocycles. The fraction of sp³-hybridized carbons (Fsp3) is 0.750. The second-order valence-electron chi connectivity index (χ2n) is 2.90. The minimum absolute atomic E-state index is 0.0680. The molecule has 0 bridgehead atoms. The van der Waals surface area contributed by atoms with Gasteiger partial charge in [0.25, 0.3) is 0 Å². The van der Waals surface area contributed by atoms with Crippen molar-refractivity contribution >= 4 is 27.9 Å². The minimum atomic E-state index is -0.547. The van der Waals surface area contributed by atoms with Crippen molar-refractivity contribution in [1.82, 2.24) is 3.93 Å². The highest BCUT2D eigenvalue weighted by Gasteiger charge is 2.32. The van der Waals surface area contributed by atoms with E-state index in [2.05, 4.69) is 16.1 Å². The number of ether oxygens (including phenoxy) is 1. The predicted octanol–water partition coefficient (Wildman–Crippen LogP) is 0.750. The Morgan fingerprint density at radius 3 is 3.00 bits per heavy atom. The SMILES string of the molecule is CCOC(=O)C1CCN(Br)CC1=O. The van der Waals surface area contributed by atoms with Gasteiger partial charge in [0.15, 0.2) is 5.78 Å².